The standard InChI is InChI=1S/C19H24N6O6/c1-5-8-22-14(20)13(15(27)21(4)16(22)28)12(26)11-25-18(30)23(9-6-2)17(29)24(10-7-3)19(25)31/h6-7H,2-3,5,8-11,20H2,1,4H3. The molecule has 0 amide bonds. The van der Waals surface area contributed by atoms with Gasteiger partial charge in [-0.2, -0.15) is 0 Å². The van der Waals surface area contributed by atoms with E-state index in [1.807, 2.05) is 0 Å². The van der Waals surface area contributed by atoms with E-state index in [1.54, 1.807) is 6.92 Å². The fourth-order valence-electron chi connectivity index (χ4n) is 3.10. The van der Waals surface area contributed by atoms with Gasteiger partial charge in [0, 0.05) is 13.6 Å². The van der Waals surface area contributed by atoms with Crippen LogP contribution >= 0.6 is 0 Å². The number of hydrogen-bond donors (Lipinski definition) is 1. The monoisotopic (exact) mass is 432 g/mol. The van der Waals surface area contributed by atoms with Gasteiger partial charge in [0.15, 0.2) is 5.78 Å². The second kappa shape index (κ2) is 9.24. The number of carbonyl (C=O) groups is 1. The summed E-state index contributed by atoms with van der Waals surface area (Å²) in [5, 5.41) is 0. The van der Waals surface area contributed by atoms with Crippen molar-refractivity contribution in [3.05, 3.63) is 83.2 Å². The molecule has 12 heteroatoms. The van der Waals surface area contributed by atoms with Crippen molar-refractivity contribution >= 4 is 11.6 Å². The van der Waals surface area contributed by atoms with Crippen LogP contribution in [0.1, 0.15) is 23.7 Å². The Labute approximate surface area is 175 Å². The predicted molar refractivity (Wildman–Crippen MR) is 115 cm³/mol. The number of nitrogen functional groups attached to an aromatic ring is 1. The van der Waals surface area contributed by atoms with Crippen molar-refractivity contribution in [1.82, 2.24) is 22.8 Å². The van der Waals surface area contributed by atoms with Gasteiger partial charge in [-0.15, -0.1) is 13.2 Å². The van der Waals surface area contributed by atoms with Crippen LogP contribution in [0, 0.1) is 0 Å². The number of anilines is 1. The minimum absolute atomic E-state index is 0.162. The first kappa shape index (κ1) is 23.3. The van der Waals surface area contributed by atoms with E-state index in [2.05, 4.69) is 13.2 Å². The van der Waals surface area contributed by atoms with Gasteiger partial charge in [-0.05, 0) is 6.42 Å². The van der Waals surface area contributed by atoms with E-state index in [1.165, 1.54) is 19.2 Å². The van der Waals surface area contributed by atoms with E-state index in [4.69, 9.17) is 5.73 Å². The van der Waals surface area contributed by atoms with Gasteiger partial charge in [-0.25, -0.2) is 32.9 Å². The summed E-state index contributed by atoms with van der Waals surface area (Å²) in [6.07, 6.45) is 3.08. The molecule has 0 aliphatic carbocycles. The van der Waals surface area contributed by atoms with Crippen molar-refractivity contribution in [3.8, 4) is 0 Å². The Morgan fingerprint density at radius 3 is 1.81 bits per heavy atom. The smallest absolute Gasteiger partial charge is 0.337 e. The fraction of sp³-hybridized carbons (Fsp3) is 0.368. The van der Waals surface area contributed by atoms with Crippen molar-refractivity contribution in [2.24, 2.45) is 7.05 Å². The van der Waals surface area contributed by atoms with Crippen LogP contribution < -0.4 is 34.1 Å². The van der Waals surface area contributed by atoms with Gasteiger partial charge in [0.05, 0.1) is 19.6 Å². The maximum absolute atomic E-state index is 13.0. The summed E-state index contributed by atoms with van der Waals surface area (Å²) in [5.41, 5.74) is 0.811. The topological polar surface area (TPSA) is 153 Å². The third-order valence-corrected chi connectivity index (χ3v) is 4.62. The summed E-state index contributed by atoms with van der Waals surface area (Å²) in [7, 11) is 1.19. The van der Waals surface area contributed by atoms with Crippen molar-refractivity contribution in [2.45, 2.75) is 39.5 Å². The molecule has 0 unspecified atom stereocenters. The summed E-state index contributed by atoms with van der Waals surface area (Å²) in [4.78, 5) is 75.6. The zero-order valence-electron chi connectivity index (χ0n) is 17.4. The van der Waals surface area contributed by atoms with Gasteiger partial charge in [0.2, 0.25) is 0 Å². The number of allylic oxidation sites excluding steroid dienone is 2. The minimum Gasteiger partial charge on any atom is -0.384 e. The fourth-order valence-corrected chi connectivity index (χ4v) is 3.10. The van der Waals surface area contributed by atoms with Gasteiger partial charge in [0.25, 0.3) is 5.56 Å². The maximum Gasteiger partial charge on any atom is 0.337 e. The van der Waals surface area contributed by atoms with Crippen LogP contribution in [0.2, 0.25) is 0 Å². The van der Waals surface area contributed by atoms with E-state index in [9.17, 15) is 28.8 Å². The van der Waals surface area contributed by atoms with Crippen LogP contribution in [-0.4, -0.2) is 28.6 Å². The SMILES string of the molecule is C=CCn1c(=O)n(CC=C)c(=O)n(CC(=O)c2c(N)n(CCC)c(=O)n(C)c2=O)c1=O. The lowest BCUT2D eigenvalue weighted by Crippen LogP contribution is -2.55. The Hall–Kier alpha value is -3.96. The van der Waals surface area contributed by atoms with Crippen LogP contribution in [0.15, 0.2) is 49.3 Å². The second-order valence-electron chi connectivity index (χ2n) is 6.71. The predicted octanol–water partition coefficient (Wildman–Crippen LogP) is -1.72. The first-order valence-corrected chi connectivity index (χ1v) is 9.41. The Morgan fingerprint density at radius 1 is 0.871 bits per heavy atom. The molecule has 0 bridgehead atoms. The number of aromatic nitrogens is 5. The molecule has 0 aliphatic heterocycles. The number of Topliss-reactive ketones (excluding diaryl/α,β-unsaturated/α-hetero) is 1. The molecular weight excluding hydrogens is 408 g/mol. The Bertz CT molecular complexity index is 1300. The molecule has 2 heterocycles. The molecule has 0 aromatic carbocycles. The molecule has 166 valence electrons. The molecule has 12 nitrogen and oxygen atoms in total. The Balaban J connectivity index is 2.76. The highest BCUT2D eigenvalue weighted by Gasteiger charge is 2.24. The molecule has 2 aromatic heterocycles. The summed E-state index contributed by atoms with van der Waals surface area (Å²) < 4.78 is 3.79. The van der Waals surface area contributed by atoms with E-state index in [0.717, 1.165) is 18.3 Å². The molecule has 2 N–H and O–H groups in total. The summed E-state index contributed by atoms with van der Waals surface area (Å²) in [5.74, 6) is -1.30. The average molecular weight is 432 g/mol. The first-order chi connectivity index (χ1) is 14.6. The second-order valence-corrected chi connectivity index (χ2v) is 6.71. The Morgan fingerprint density at radius 2 is 1.35 bits per heavy atom. The Kier molecular flexibility index (Phi) is 6.95. The lowest BCUT2D eigenvalue weighted by Gasteiger charge is -2.15. The molecule has 0 fully saturated rings. The third kappa shape index (κ3) is 4.04. The van der Waals surface area contributed by atoms with Crippen molar-refractivity contribution < 1.29 is 4.79 Å². The lowest BCUT2D eigenvalue weighted by molar-refractivity contribution is 0.0964. The number of carbonyl (C=O) groups excluding carboxylic acids is 1. The zero-order valence-corrected chi connectivity index (χ0v) is 17.4. The molecule has 0 aliphatic rings. The normalized spacial score (nSPS) is 10.8. The van der Waals surface area contributed by atoms with Gasteiger partial charge in [-0.3, -0.25) is 18.7 Å². The highest BCUT2D eigenvalue weighted by atomic mass is 16.2. The highest BCUT2D eigenvalue weighted by molar-refractivity contribution is 5.99. The minimum atomic E-state index is -1.04. The van der Waals surface area contributed by atoms with Gasteiger partial charge < -0.3 is 5.73 Å². The van der Waals surface area contributed by atoms with E-state index in [0.29, 0.717) is 11.0 Å². The summed E-state index contributed by atoms with van der Waals surface area (Å²) >= 11 is 0. The largest absolute Gasteiger partial charge is 0.384 e. The quantitative estimate of drug-likeness (QED) is 0.365. The third-order valence-electron chi connectivity index (χ3n) is 4.62. The van der Waals surface area contributed by atoms with Gasteiger partial charge in [-0.1, -0.05) is 19.1 Å². The first-order valence-electron chi connectivity index (χ1n) is 9.41. The van der Waals surface area contributed by atoms with Crippen LogP contribution in [-0.2, 0) is 33.2 Å². The van der Waals surface area contributed by atoms with Gasteiger partial charge in [0.1, 0.15) is 11.4 Å². The number of hydrogen-bond acceptors (Lipinski definition) is 7. The van der Waals surface area contributed by atoms with Crippen molar-refractivity contribution in [1.29, 1.82) is 0 Å². The summed E-state index contributed by atoms with van der Waals surface area (Å²) in [6, 6.07) is 0. The highest BCUT2D eigenvalue weighted by Crippen LogP contribution is 2.07. The molecule has 31 heavy (non-hydrogen) atoms. The molecule has 0 saturated heterocycles. The van der Waals surface area contributed by atoms with Crippen LogP contribution in [0.4, 0.5) is 5.82 Å². The van der Waals surface area contributed by atoms with E-state index >= 15 is 0 Å². The van der Waals surface area contributed by atoms with Crippen molar-refractivity contribution in [3.63, 3.8) is 0 Å². The van der Waals surface area contributed by atoms with Crippen LogP contribution in [0.5, 0.6) is 0 Å². The van der Waals surface area contributed by atoms with Gasteiger partial charge >= 0.3 is 22.8 Å². The number of nitrogens with two attached hydrogens (primary N) is 1. The number of rotatable bonds is 9. The molecule has 2 aromatic rings. The molecule has 0 atom stereocenters. The molecular formula is C19H24N6O6. The van der Waals surface area contributed by atoms with E-state index in [-0.39, 0.29) is 25.5 Å². The van der Waals surface area contributed by atoms with E-state index < -0.39 is 46.2 Å². The van der Waals surface area contributed by atoms with Crippen molar-refractivity contribution in [2.75, 3.05) is 5.73 Å². The zero-order chi connectivity index (χ0) is 23.5. The molecule has 2 rings (SSSR count). The van der Waals surface area contributed by atoms with Crippen LogP contribution in [0.3, 0.4) is 0 Å². The average Bonchev–Trinajstić information content (AvgIpc) is 2.73. The molecule has 0 radical (unpaired) electrons. The lowest BCUT2D eigenvalue weighted by atomic mass is 10.2. The molecule has 0 spiro atoms. The number of nitrogens with zero attached hydrogens (tertiary/aromatic N) is 5. The molecule has 0 saturated carbocycles. The summed E-state index contributed by atoms with van der Waals surface area (Å²) in [6.45, 7) is 7.63. The number of ketones is 1. The van der Waals surface area contributed by atoms with Crippen LogP contribution in [0.25, 0.3) is 0 Å². The maximum atomic E-state index is 13.0.